The molecular weight excluding hydrogens is 531 g/mol. The Bertz CT molecular complexity index is 796. The number of aryl methyl sites for hydroxylation is 1. The highest BCUT2D eigenvalue weighted by Gasteiger charge is 2.20. The van der Waals surface area contributed by atoms with Crippen LogP contribution in [0.4, 0.5) is 17.3 Å². The van der Waals surface area contributed by atoms with Crippen molar-refractivity contribution in [3.63, 3.8) is 0 Å². The highest BCUT2D eigenvalue weighted by Crippen LogP contribution is 2.16. The summed E-state index contributed by atoms with van der Waals surface area (Å²) in [5.41, 5.74) is 2.85. The summed E-state index contributed by atoms with van der Waals surface area (Å²) in [4.78, 5) is 0. The summed E-state index contributed by atoms with van der Waals surface area (Å²) in [5.74, 6) is 3.40. The molecule has 0 heterocycles. The number of benzene rings is 2. The third-order valence-electron chi connectivity index (χ3n) is 6.89. The van der Waals surface area contributed by atoms with E-state index in [1.807, 2.05) is 0 Å². The fraction of sp³-hybridized carbons (Fsp3) is 0.636. The fourth-order valence-corrected chi connectivity index (χ4v) is 5.64. The van der Waals surface area contributed by atoms with Gasteiger partial charge in [0.15, 0.2) is 0 Å². The van der Waals surface area contributed by atoms with Crippen molar-refractivity contribution in [2.24, 2.45) is 0 Å². The summed E-state index contributed by atoms with van der Waals surface area (Å²) in [5, 5.41) is 0. The molecule has 0 aliphatic heterocycles. The van der Waals surface area contributed by atoms with Crippen molar-refractivity contribution in [2.75, 3.05) is 12.4 Å². The zero-order valence-electron chi connectivity index (χ0n) is 24.8. The molecule has 228 valence electrons. The molecule has 0 aliphatic rings. The highest BCUT2D eigenvalue weighted by atomic mass is 32.2. The predicted molar refractivity (Wildman–Crippen MR) is 169 cm³/mol. The third-order valence-corrected chi connectivity index (χ3v) is 8.01. The van der Waals surface area contributed by atoms with E-state index in [0.29, 0.717) is 0 Å². The number of thiol groups is 1. The standard InChI is InChI=1S/C33H52OS.BF4/c1-2-3-4-5-6-7-8-9-10-11-12-13-14-15-16-20-28-34-33-25-23-31(24-26-33)27-29-35-30-32-21-18-17-19-22-32;2-1(3,4)5/h17-19,21-26H,2-16,20,27-30H2,1H3;/q;-1/p+1. The largest absolute Gasteiger partial charge is 0.673 e. The summed E-state index contributed by atoms with van der Waals surface area (Å²) in [6.45, 7) is 3.15. The Balaban J connectivity index is 0.00000146. The fourth-order valence-electron chi connectivity index (χ4n) is 4.59. The maximum atomic E-state index is 9.75. The van der Waals surface area contributed by atoms with E-state index in [2.05, 4.69) is 61.5 Å². The van der Waals surface area contributed by atoms with Crippen LogP contribution in [-0.2, 0) is 23.9 Å². The van der Waals surface area contributed by atoms with Crippen molar-refractivity contribution in [3.8, 4) is 5.75 Å². The van der Waals surface area contributed by atoms with Gasteiger partial charge in [-0.05, 0) is 35.9 Å². The molecule has 0 aromatic heterocycles. The molecule has 2 aromatic carbocycles. The first-order chi connectivity index (χ1) is 19.4. The quantitative estimate of drug-likeness (QED) is 0.0415. The Hall–Kier alpha value is -1.63. The van der Waals surface area contributed by atoms with Crippen LogP contribution in [-0.4, -0.2) is 19.6 Å². The SMILES string of the molecule is CCCCCCCCCCCCCCCCCCOc1ccc(CC[SH+]Cc2ccccc2)cc1.F[B-](F)(F)F. The van der Waals surface area contributed by atoms with Crippen LogP contribution < -0.4 is 4.74 Å². The van der Waals surface area contributed by atoms with Gasteiger partial charge in [0.05, 0.1) is 6.61 Å². The summed E-state index contributed by atoms with van der Waals surface area (Å²) in [6.07, 6.45) is 23.7. The molecule has 0 spiro atoms. The molecule has 0 N–H and O–H groups in total. The van der Waals surface area contributed by atoms with Gasteiger partial charge in [0, 0.05) is 12.0 Å². The van der Waals surface area contributed by atoms with E-state index in [9.17, 15) is 17.3 Å². The molecule has 0 saturated carbocycles. The van der Waals surface area contributed by atoms with E-state index in [4.69, 9.17) is 4.74 Å². The minimum absolute atomic E-state index is 0.855. The number of rotatable bonds is 23. The lowest BCUT2D eigenvalue weighted by Crippen LogP contribution is -2.02. The number of hydrogen-bond acceptors (Lipinski definition) is 1. The average molecular weight is 585 g/mol. The minimum atomic E-state index is -6.00. The second-order valence-corrected chi connectivity index (χ2v) is 11.8. The second kappa shape index (κ2) is 25.1. The van der Waals surface area contributed by atoms with Gasteiger partial charge < -0.3 is 22.0 Å². The first kappa shape index (κ1) is 36.4. The van der Waals surface area contributed by atoms with E-state index in [1.54, 1.807) is 0 Å². The van der Waals surface area contributed by atoms with Crippen LogP contribution in [0.3, 0.4) is 0 Å². The lowest BCUT2D eigenvalue weighted by atomic mass is 10.0. The summed E-state index contributed by atoms with van der Waals surface area (Å²) in [6, 6.07) is 19.6. The summed E-state index contributed by atoms with van der Waals surface area (Å²) >= 11 is 1.50. The van der Waals surface area contributed by atoms with Gasteiger partial charge in [-0.25, -0.2) is 0 Å². The van der Waals surface area contributed by atoms with Gasteiger partial charge in [0.1, 0.15) is 17.3 Å². The summed E-state index contributed by atoms with van der Waals surface area (Å²) < 4.78 is 45.0. The molecule has 0 atom stereocenters. The van der Waals surface area contributed by atoms with Crippen LogP contribution in [0.2, 0.25) is 0 Å². The number of hydrogen-bond donors (Lipinski definition) is 0. The molecule has 2 aromatic rings. The van der Waals surface area contributed by atoms with Crippen LogP contribution in [0.15, 0.2) is 54.6 Å². The van der Waals surface area contributed by atoms with Gasteiger partial charge in [-0.3, -0.25) is 0 Å². The van der Waals surface area contributed by atoms with Crippen LogP contribution in [0.5, 0.6) is 5.75 Å². The van der Waals surface area contributed by atoms with Gasteiger partial charge in [0.2, 0.25) is 0 Å². The normalized spacial score (nSPS) is 11.2. The zero-order valence-corrected chi connectivity index (χ0v) is 25.7. The Kier molecular flexibility index (Phi) is 22.9. The molecule has 40 heavy (non-hydrogen) atoms. The molecular formula is C33H53BF4OS. The van der Waals surface area contributed by atoms with Crippen LogP contribution in [0.25, 0.3) is 0 Å². The Morgan fingerprint density at radius 3 is 1.50 bits per heavy atom. The van der Waals surface area contributed by atoms with Crippen molar-refractivity contribution >= 4 is 19.0 Å². The minimum Gasteiger partial charge on any atom is -0.494 e. The topological polar surface area (TPSA) is 9.23 Å². The Morgan fingerprint density at radius 1 is 0.575 bits per heavy atom. The second-order valence-electron chi connectivity index (χ2n) is 10.6. The molecule has 0 bridgehead atoms. The van der Waals surface area contributed by atoms with Crippen LogP contribution >= 0.6 is 0 Å². The average Bonchev–Trinajstić information content (AvgIpc) is 2.93. The van der Waals surface area contributed by atoms with Crippen LogP contribution in [0.1, 0.15) is 121 Å². The number of halogens is 4. The van der Waals surface area contributed by atoms with Gasteiger partial charge in [-0.15, -0.1) is 0 Å². The predicted octanol–water partition coefficient (Wildman–Crippen LogP) is 11.2. The third kappa shape index (κ3) is 25.3. The van der Waals surface area contributed by atoms with Crippen molar-refractivity contribution in [2.45, 2.75) is 122 Å². The highest BCUT2D eigenvalue weighted by molar-refractivity contribution is 7.77. The first-order valence-corrected chi connectivity index (χ1v) is 16.9. The smallest absolute Gasteiger partial charge is 0.494 e. The van der Waals surface area contributed by atoms with Crippen molar-refractivity contribution in [1.29, 1.82) is 0 Å². The van der Waals surface area contributed by atoms with E-state index >= 15 is 0 Å². The van der Waals surface area contributed by atoms with E-state index in [-0.39, 0.29) is 0 Å². The van der Waals surface area contributed by atoms with E-state index in [0.717, 1.165) is 24.5 Å². The molecule has 2 rings (SSSR count). The van der Waals surface area contributed by atoms with Crippen LogP contribution in [0, 0.1) is 0 Å². The summed E-state index contributed by atoms with van der Waals surface area (Å²) in [7, 11) is -6.00. The molecule has 1 nitrogen and oxygen atoms in total. The van der Waals surface area contributed by atoms with Gasteiger partial charge >= 0.3 is 7.25 Å². The van der Waals surface area contributed by atoms with Gasteiger partial charge in [-0.2, -0.15) is 0 Å². The molecule has 0 unspecified atom stereocenters. The van der Waals surface area contributed by atoms with Crippen molar-refractivity contribution in [3.05, 3.63) is 65.7 Å². The molecule has 0 radical (unpaired) electrons. The number of ether oxygens (including phenoxy) is 1. The molecule has 0 fully saturated rings. The molecule has 0 amide bonds. The molecule has 0 saturated heterocycles. The Morgan fingerprint density at radius 2 is 1.02 bits per heavy atom. The molecule has 7 heteroatoms. The lowest BCUT2D eigenvalue weighted by molar-refractivity contribution is 0.304. The zero-order chi connectivity index (χ0) is 29.2. The van der Waals surface area contributed by atoms with Gasteiger partial charge in [-0.1, -0.05) is 146 Å². The first-order valence-electron chi connectivity index (χ1n) is 15.6. The van der Waals surface area contributed by atoms with E-state index in [1.165, 1.54) is 131 Å². The van der Waals surface area contributed by atoms with Gasteiger partial charge in [0.25, 0.3) is 0 Å². The van der Waals surface area contributed by atoms with E-state index < -0.39 is 7.25 Å². The Labute approximate surface area is 246 Å². The van der Waals surface area contributed by atoms with Crippen molar-refractivity contribution < 1.29 is 22.0 Å². The monoisotopic (exact) mass is 584 g/mol. The maximum Gasteiger partial charge on any atom is 0.673 e. The van der Waals surface area contributed by atoms with Crippen molar-refractivity contribution in [1.82, 2.24) is 0 Å². The number of unbranched alkanes of at least 4 members (excludes halogenated alkanes) is 15. The lowest BCUT2D eigenvalue weighted by Gasteiger charge is -2.07. The molecule has 0 aliphatic carbocycles. The maximum absolute atomic E-state index is 9.75.